The molecule has 4 rings (SSSR count). The molecule has 2 aromatic carbocycles. The molecule has 0 aliphatic rings. The first-order chi connectivity index (χ1) is 16.0. The van der Waals surface area contributed by atoms with Crippen LogP contribution in [0.3, 0.4) is 0 Å². The Hall–Kier alpha value is -4.10. The monoisotopic (exact) mass is 485 g/mol. The summed E-state index contributed by atoms with van der Waals surface area (Å²) in [6.07, 6.45) is -3.30. The van der Waals surface area contributed by atoms with Crippen molar-refractivity contribution < 1.29 is 13.2 Å². The molecule has 0 fully saturated rings. The summed E-state index contributed by atoms with van der Waals surface area (Å²) < 4.78 is 43.1. The molecule has 0 unspecified atom stereocenters. The lowest BCUT2D eigenvalue weighted by Crippen LogP contribution is -2.40. The highest BCUT2D eigenvalue weighted by Crippen LogP contribution is 2.33. The Kier molecular flexibility index (Phi) is 5.67. The largest absolute Gasteiger partial charge is 0.416 e. The van der Waals surface area contributed by atoms with Crippen molar-refractivity contribution >= 4 is 17.3 Å². The van der Waals surface area contributed by atoms with Crippen LogP contribution in [0.5, 0.6) is 0 Å². The van der Waals surface area contributed by atoms with Crippen molar-refractivity contribution in [3.63, 3.8) is 0 Å². The molecule has 0 radical (unpaired) electrons. The standard InChI is InChI=1S/C23H15ClF3N5O2/c1-13-19(20-18(24)12-29-32(20)16-9-7-15(28-2)8-10-16)21(33)30(3)22(34)31(13)17-6-4-5-14(11-17)23(25,26)27/h4-12H,1,3H3. The van der Waals surface area contributed by atoms with Gasteiger partial charge >= 0.3 is 11.9 Å². The topological polar surface area (TPSA) is 66.2 Å². The summed E-state index contributed by atoms with van der Waals surface area (Å²) >= 11 is 6.39. The summed E-state index contributed by atoms with van der Waals surface area (Å²) in [4.78, 5) is 29.5. The molecule has 0 amide bonds. The van der Waals surface area contributed by atoms with Crippen molar-refractivity contribution in [1.82, 2.24) is 18.9 Å². The highest BCUT2D eigenvalue weighted by Gasteiger charge is 2.31. The molecule has 172 valence electrons. The van der Waals surface area contributed by atoms with Gasteiger partial charge in [-0.1, -0.05) is 29.8 Å². The minimum absolute atomic E-state index is 0.00346. The zero-order valence-corrected chi connectivity index (χ0v) is 18.5. The van der Waals surface area contributed by atoms with Crippen LogP contribution in [-0.2, 0) is 13.2 Å². The fraction of sp³-hybridized carbons (Fsp3) is 0.130. The van der Waals surface area contributed by atoms with Crippen LogP contribution in [-0.4, -0.2) is 18.9 Å². The van der Waals surface area contributed by atoms with Gasteiger partial charge in [0.1, 0.15) is 5.69 Å². The average molecular weight is 486 g/mol. The molecule has 0 N–H and O–H groups in total. The van der Waals surface area contributed by atoms with Crippen LogP contribution in [0.25, 0.3) is 27.5 Å². The van der Waals surface area contributed by atoms with E-state index in [1.165, 1.54) is 37.0 Å². The molecule has 0 aliphatic heterocycles. The Morgan fingerprint density at radius 3 is 2.35 bits per heavy atom. The van der Waals surface area contributed by atoms with Gasteiger partial charge in [-0.15, -0.1) is 0 Å². The molecule has 34 heavy (non-hydrogen) atoms. The molecule has 0 atom stereocenters. The van der Waals surface area contributed by atoms with Crippen LogP contribution in [0.1, 0.15) is 11.3 Å². The van der Waals surface area contributed by atoms with Gasteiger partial charge in [0.15, 0.2) is 5.69 Å². The van der Waals surface area contributed by atoms with Gasteiger partial charge in [0.25, 0.3) is 5.56 Å². The van der Waals surface area contributed by atoms with Gasteiger partial charge in [-0.25, -0.2) is 14.3 Å². The smallest absolute Gasteiger partial charge is 0.268 e. The van der Waals surface area contributed by atoms with Gasteiger partial charge in [-0.05, 0) is 37.3 Å². The zero-order chi connectivity index (χ0) is 24.8. The number of benzene rings is 2. The Bertz CT molecular complexity index is 1570. The van der Waals surface area contributed by atoms with E-state index in [0.29, 0.717) is 11.4 Å². The Labute approximate surface area is 195 Å². The van der Waals surface area contributed by atoms with E-state index in [-0.39, 0.29) is 27.7 Å². The first-order valence-electron chi connectivity index (χ1n) is 9.76. The van der Waals surface area contributed by atoms with Crippen molar-refractivity contribution in [3.05, 3.63) is 103 Å². The molecule has 2 aromatic heterocycles. The SMILES string of the molecule is [C-]#[N+]c1ccc(-n2ncc(Cl)c2-c2c(C)n(-c3cccc(C(F)(F)F)c3)c(=O)n(C)c2=O)cc1. The molecule has 7 nitrogen and oxygen atoms in total. The summed E-state index contributed by atoms with van der Waals surface area (Å²) in [5, 5.41) is 4.32. The summed E-state index contributed by atoms with van der Waals surface area (Å²) in [6.45, 7) is 8.55. The summed E-state index contributed by atoms with van der Waals surface area (Å²) in [5.74, 6) is 0. The fourth-order valence-electron chi connectivity index (χ4n) is 3.63. The van der Waals surface area contributed by atoms with Gasteiger partial charge < -0.3 is 0 Å². The van der Waals surface area contributed by atoms with Gasteiger partial charge in [0.2, 0.25) is 0 Å². The predicted molar refractivity (Wildman–Crippen MR) is 121 cm³/mol. The van der Waals surface area contributed by atoms with Crippen molar-refractivity contribution in [2.45, 2.75) is 13.1 Å². The van der Waals surface area contributed by atoms with Crippen molar-refractivity contribution in [2.24, 2.45) is 7.05 Å². The van der Waals surface area contributed by atoms with Crippen LogP contribution in [0.15, 0.2) is 64.3 Å². The lowest BCUT2D eigenvalue weighted by molar-refractivity contribution is -0.137. The third-order valence-electron chi connectivity index (χ3n) is 5.31. The van der Waals surface area contributed by atoms with E-state index in [1.807, 2.05) is 0 Å². The van der Waals surface area contributed by atoms with Crippen molar-refractivity contribution in [3.8, 4) is 22.6 Å². The van der Waals surface area contributed by atoms with Crippen LogP contribution < -0.4 is 11.2 Å². The molecule has 2 heterocycles. The molecule has 4 aromatic rings. The Morgan fingerprint density at radius 1 is 1.06 bits per heavy atom. The van der Waals surface area contributed by atoms with Crippen molar-refractivity contribution in [1.29, 1.82) is 0 Å². The highest BCUT2D eigenvalue weighted by molar-refractivity contribution is 6.33. The molecule has 0 spiro atoms. The number of halogens is 4. The average Bonchev–Trinajstić information content (AvgIpc) is 3.18. The molecule has 0 aliphatic carbocycles. The van der Waals surface area contributed by atoms with E-state index < -0.39 is 23.0 Å². The van der Waals surface area contributed by atoms with E-state index in [0.717, 1.165) is 21.3 Å². The van der Waals surface area contributed by atoms with Crippen LogP contribution in [0.4, 0.5) is 18.9 Å². The number of aromatic nitrogens is 4. The predicted octanol–water partition coefficient (Wildman–Crippen LogP) is 4.92. The fourth-order valence-corrected chi connectivity index (χ4v) is 3.85. The van der Waals surface area contributed by atoms with Crippen LogP contribution in [0, 0.1) is 13.5 Å². The first-order valence-corrected chi connectivity index (χ1v) is 10.1. The Balaban J connectivity index is 2.02. The van der Waals surface area contributed by atoms with Crippen LogP contribution in [0.2, 0.25) is 5.02 Å². The third-order valence-corrected chi connectivity index (χ3v) is 5.59. The van der Waals surface area contributed by atoms with E-state index in [1.54, 1.807) is 24.3 Å². The lowest BCUT2D eigenvalue weighted by Gasteiger charge is -2.18. The zero-order valence-electron chi connectivity index (χ0n) is 17.8. The lowest BCUT2D eigenvalue weighted by atomic mass is 10.1. The second-order valence-corrected chi connectivity index (χ2v) is 7.78. The van der Waals surface area contributed by atoms with Crippen LogP contribution >= 0.6 is 11.6 Å². The maximum atomic E-state index is 13.3. The molecule has 0 saturated heterocycles. The molecule has 11 heteroatoms. The maximum absolute atomic E-state index is 13.3. The van der Waals surface area contributed by atoms with Gasteiger partial charge in [-0.3, -0.25) is 13.9 Å². The Morgan fingerprint density at radius 2 is 1.74 bits per heavy atom. The second kappa shape index (κ2) is 8.35. The van der Waals surface area contributed by atoms with Gasteiger partial charge in [0.05, 0.1) is 40.3 Å². The maximum Gasteiger partial charge on any atom is 0.416 e. The molecular weight excluding hydrogens is 471 g/mol. The minimum atomic E-state index is -4.61. The minimum Gasteiger partial charge on any atom is -0.268 e. The van der Waals surface area contributed by atoms with Gasteiger partial charge in [0, 0.05) is 12.7 Å². The summed E-state index contributed by atoms with van der Waals surface area (Å²) in [6, 6.07) is 10.6. The number of hydrogen-bond acceptors (Lipinski definition) is 3. The van der Waals surface area contributed by atoms with E-state index >= 15 is 0 Å². The van der Waals surface area contributed by atoms with E-state index in [9.17, 15) is 22.8 Å². The van der Waals surface area contributed by atoms with Gasteiger partial charge in [-0.2, -0.15) is 18.3 Å². The van der Waals surface area contributed by atoms with E-state index in [2.05, 4.69) is 9.94 Å². The highest BCUT2D eigenvalue weighted by atomic mass is 35.5. The van der Waals surface area contributed by atoms with E-state index in [4.69, 9.17) is 18.2 Å². The molecular formula is C23H15ClF3N5O2. The summed E-state index contributed by atoms with van der Waals surface area (Å²) in [7, 11) is 1.23. The second-order valence-electron chi connectivity index (χ2n) is 7.37. The number of alkyl halides is 3. The van der Waals surface area contributed by atoms with Crippen molar-refractivity contribution in [2.75, 3.05) is 0 Å². The molecule has 0 saturated carbocycles. The first kappa shape index (κ1) is 23.1. The number of rotatable bonds is 3. The summed E-state index contributed by atoms with van der Waals surface area (Å²) in [5.41, 5.74) is -1.35. The molecule has 0 bridgehead atoms. The number of hydrogen-bond donors (Lipinski definition) is 0. The normalized spacial score (nSPS) is 11.4. The quantitative estimate of drug-likeness (QED) is 0.387. The third kappa shape index (κ3) is 3.80. The number of nitrogens with zero attached hydrogens (tertiary/aromatic N) is 5.